The molecule has 6 nitrogen and oxygen atoms in total. The number of hydrogen-bond donors (Lipinski definition) is 1. The second-order valence-corrected chi connectivity index (χ2v) is 7.57. The second-order valence-electron chi connectivity index (χ2n) is 6.63. The van der Waals surface area contributed by atoms with E-state index in [2.05, 4.69) is 17.1 Å². The zero-order valence-electron chi connectivity index (χ0n) is 15.2. The Hall–Kier alpha value is -2.02. The predicted octanol–water partition coefficient (Wildman–Crippen LogP) is 2.70. The van der Waals surface area contributed by atoms with Crippen LogP contribution in [-0.4, -0.2) is 43.9 Å². The van der Waals surface area contributed by atoms with E-state index in [1.54, 1.807) is 4.57 Å². The van der Waals surface area contributed by atoms with Crippen LogP contribution in [0, 0.1) is 0 Å². The minimum Gasteiger partial charge on any atom is -0.339 e. The number of aromatic amines is 1. The van der Waals surface area contributed by atoms with Gasteiger partial charge in [0, 0.05) is 19.1 Å². The molecule has 0 aliphatic carbocycles. The molecule has 1 aliphatic heterocycles. The number of thioether (sulfide) groups is 1. The third-order valence-corrected chi connectivity index (χ3v) is 5.89. The number of aryl methyl sites for hydroxylation is 1. The second kappa shape index (κ2) is 9.07. The number of piperidine rings is 1. The highest BCUT2D eigenvalue weighted by molar-refractivity contribution is 7.99. The summed E-state index contributed by atoms with van der Waals surface area (Å²) in [5.74, 6) is 0.471. The first-order chi connectivity index (χ1) is 12.7. The van der Waals surface area contributed by atoms with Crippen molar-refractivity contribution in [3.05, 3.63) is 46.4 Å². The minimum atomic E-state index is -0.222. The van der Waals surface area contributed by atoms with Crippen molar-refractivity contribution in [2.24, 2.45) is 0 Å². The van der Waals surface area contributed by atoms with E-state index in [0.717, 1.165) is 32.2 Å². The Labute approximate surface area is 158 Å². The van der Waals surface area contributed by atoms with Crippen LogP contribution in [0.15, 0.2) is 40.3 Å². The van der Waals surface area contributed by atoms with E-state index < -0.39 is 0 Å². The fourth-order valence-electron chi connectivity index (χ4n) is 3.46. The van der Waals surface area contributed by atoms with Crippen LogP contribution in [-0.2, 0) is 17.8 Å². The fourth-order valence-corrected chi connectivity index (χ4v) is 4.32. The first kappa shape index (κ1) is 18.8. The zero-order valence-corrected chi connectivity index (χ0v) is 16.0. The van der Waals surface area contributed by atoms with E-state index in [4.69, 9.17) is 0 Å². The lowest BCUT2D eigenvalue weighted by molar-refractivity contribution is -0.132. The molecule has 0 spiro atoms. The number of benzene rings is 1. The van der Waals surface area contributed by atoms with Crippen molar-refractivity contribution >= 4 is 17.7 Å². The standard InChI is InChI=1S/C19H26N4O2S/c1-2-16-10-6-7-12-22(16)17(24)14-26-19-21-20-18(25)23(19)13-11-15-8-4-3-5-9-15/h3-5,8-9,16H,2,6-7,10-14H2,1H3,(H,20,25)/t16-/m1/s1. The number of nitrogens with one attached hydrogen (secondary N) is 1. The van der Waals surface area contributed by atoms with Gasteiger partial charge >= 0.3 is 5.69 Å². The van der Waals surface area contributed by atoms with Crippen LogP contribution in [0.2, 0.25) is 0 Å². The monoisotopic (exact) mass is 374 g/mol. The van der Waals surface area contributed by atoms with E-state index in [1.165, 1.54) is 23.7 Å². The van der Waals surface area contributed by atoms with Crippen LogP contribution in [0.1, 0.15) is 38.2 Å². The molecule has 26 heavy (non-hydrogen) atoms. The average Bonchev–Trinajstić information content (AvgIpc) is 3.04. The minimum absolute atomic E-state index is 0.145. The third-order valence-electron chi connectivity index (χ3n) is 4.93. The van der Waals surface area contributed by atoms with Gasteiger partial charge in [0.2, 0.25) is 5.91 Å². The highest BCUT2D eigenvalue weighted by atomic mass is 32.2. The van der Waals surface area contributed by atoms with Crippen molar-refractivity contribution in [2.45, 2.75) is 56.8 Å². The Kier molecular flexibility index (Phi) is 6.55. The molecule has 2 heterocycles. The molecular formula is C19H26N4O2S. The molecular weight excluding hydrogens is 348 g/mol. The number of rotatable bonds is 7. The molecule has 1 N–H and O–H groups in total. The van der Waals surface area contributed by atoms with Gasteiger partial charge in [-0.1, -0.05) is 49.0 Å². The van der Waals surface area contributed by atoms with Crippen molar-refractivity contribution in [1.29, 1.82) is 0 Å². The molecule has 1 aromatic heterocycles. The maximum Gasteiger partial charge on any atom is 0.343 e. The lowest BCUT2D eigenvalue weighted by Crippen LogP contribution is -2.44. The van der Waals surface area contributed by atoms with Gasteiger partial charge in [-0.05, 0) is 37.7 Å². The van der Waals surface area contributed by atoms with Crippen LogP contribution >= 0.6 is 11.8 Å². The third kappa shape index (κ3) is 4.58. The normalized spacial score (nSPS) is 17.4. The van der Waals surface area contributed by atoms with Gasteiger partial charge in [0.25, 0.3) is 0 Å². The van der Waals surface area contributed by atoms with E-state index in [9.17, 15) is 9.59 Å². The molecule has 1 aliphatic rings. The summed E-state index contributed by atoms with van der Waals surface area (Å²) in [6.45, 7) is 3.54. The number of hydrogen-bond acceptors (Lipinski definition) is 4. The van der Waals surface area contributed by atoms with Crippen LogP contribution in [0.3, 0.4) is 0 Å². The van der Waals surface area contributed by atoms with Crippen LogP contribution < -0.4 is 5.69 Å². The number of aromatic nitrogens is 3. The van der Waals surface area contributed by atoms with E-state index in [0.29, 0.717) is 23.5 Å². The van der Waals surface area contributed by atoms with Gasteiger partial charge in [-0.25, -0.2) is 9.89 Å². The smallest absolute Gasteiger partial charge is 0.339 e. The van der Waals surface area contributed by atoms with Gasteiger partial charge in [0.15, 0.2) is 5.16 Å². The molecule has 1 atom stereocenters. The average molecular weight is 375 g/mol. The van der Waals surface area contributed by atoms with Gasteiger partial charge in [-0.3, -0.25) is 9.36 Å². The Bertz CT molecular complexity index is 771. The van der Waals surface area contributed by atoms with Gasteiger partial charge < -0.3 is 4.90 Å². The summed E-state index contributed by atoms with van der Waals surface area (Å²) in [4.78, 5) is 26.7. The Morgan fingerprint density at radius 1 is 1.31 bits per heavy atom. The molecule has 0 bridgehead atoms. The predicted molar refractivity (Wildman–Crippen MR) is 103 cm³/mol. The van der Waals surface area contributed by atoms with Crippen molar-refractivity contribution < 1.29 is 4.79 Å². The zero-order chi connectivity index (χ0) is 18.4. The largest absolute Gasteiger partial charge is 0.343 e. The van der Waals surface area contributed by atoms with Crippen molar-refractivity contribution in [3.8, 4) is 0 Å². The molecule has 0 unspecified atom stereocenters. The van der Waals surface area contributed by atoms with Crippen LogP contribution in [0.25, 0.3) is 0 Å². The topological polar surface area (TPSA) is 71.0 Å². The Morgan fingerprint density at radius 3 is 2.88 bits per heavy atom. The summed E-state index contributed by atoms with van der Waals surface area (Å²) in [6, 6.07) is 10.4. The van der Waals surface area contributed by atoms with Crippen molar-refractivity contribution in [2.75, 3.05) is 12.3 Å². The molecule has 0 saturated carbocycles. The number of likely N-dealkylation sites (tertiary alicyclic amines) is 1. The SMILES string of the molecule is CC[C@@H]1CCCCN1C(=O)CSc1n[nH]c(=O)n1CCc1ccccc1. The first-order valence-corrected chi connectivity index (χ1v) is 10.3. The van der Waals surface area contributed by atoms with Crippen LogP contribution in [0.4, 0.5) is 0 Å². The molecule has 2 aromatic rings. The summed E-state index contributed by atoms with van der Waals surface area (Å²) in [5, 5.41) is 7.20. The summed E-state index contributed by atoms with van der Waals surface area (Å²) < 4.78 is 1.62. The Balaban J connectivity index is 1.60. The number of amides is 1. The lowest BCUT2D eigenvalue weighted by atomic mass is 10.0. The Morgan fingerprint density at radius 2 is 2.12 bits per heavy atom. The molecule has 1 fully saturated rings. The van der Waals surface area contributed by atoms with Crippen LogP contribution in [0.5, 0.6) is 0 Å². The first-order valence-electron chi connectivity index (χ1n) is 9.30. The van der Waals surface area contributed by atoms with E-state index >= 15 is 0 Å². The quantitative estimate of drug-likeness (QED) is 0.757. The summed E-state index contributed by atoms with van der Waals surface area (Å²) >= 11 is 1.35. The van der Waals surface area contributed by atoms with E-state index in [1.807, 2.05) is 35.2 Å². The summed E-state index contributed by atoms with van der Waals surface area (Å²) in [6.07, 6.45) is 5.13. The lowest BCUT2D eigenvalue weighted by Gasteiger charge is -2.35. The molecule has 0 radical (unpaired) electrons. The van der Waals surface area contributed by atoms with Gasteiger partial charge in [-0.2, -0.15) is 0 Å². The summed E-state index contributed by atoms with van der Waals surface area (Å²) in [5.41, 5.74) is 0.951. The molecule has 7 heteroatoms. The number of carbonyl (C=O) groups excluding carboxylic acids is 1. The molecule has 1 aromatic carbocycles. The van der Waals surface area contributed by atoms with Gasteiger partial charge in [0.1, 0.15) is 0 Å². The van der Waals surface area contributed by atoms with Gasteiger partial charge in [0.05, 0.1) is 5.75 Å². The molecule has 1 amide bonds. The molecule has 1 saturated heterocycles. The number of nitrogens with zero attached hydrogens (tertiary/aromatic N) is 3. The number of carbonyl (C=O) groups is 1. The molecule has 140 valence electrons. The van der Waals surface area contributed by atoms with Gasteiger partial charge in [-0.15, -0.1) is 5.10 Å². The van der Waals surface area contributed by atoms with Crippen molar-refractivity contribution in [3.63, 3.8) is 0 Å². The maximum absolute atomic E-state index is 12.6. The summed E-state index contributed by atoms with van der Waals surface area (Å²) in [7, 11) is 0. The highest BCUT2D eigenvalue weighted by Crippen LogP contribution is 2.22. The molecule has 3 rings (SSSR count). The van der Waals surface area contributed by atoms with E-state index in [-0.39, 0.29) is 11.6 Å². The maximum atomic E-state index is 12.6. The fraction of sp³-hybridized carbons (Fsp3) is 0.526. The highest BCUT2D eigenvalue weighted by Gasteiger charge is 2.25. The number of H-pyrrole nitrogens is 1. The van der Waals surface area contributed by atoms with Crippen molar-refractivity contribution in [1.82, 2.24) is 19.7 Å².